The van der Waals surface area contributed by atoms with E-state index in [2.05, 4.69) is 9.97 Å². The van der Waals surface area contributed by atoms with Crippen LogP contribution in [0.5, 0.6) is 17.2 Å². The normalized spacial score (nSPS) is 10.9. The highest BCUT2D eigenvalue weighted by atomic mass is 16.5. The van der Waals surface area contributed by atoms with E-state index in [4.69, 9.17) is 9.47 Å². The highest BCUT2D eigenvalue weighted by molar-refractivity contribution is 5.79. The van der Waals surface area contributed by atoms with E-state index in [0.717, 1.165) is 5.75 Å². The summed E-state index contributed by atoms with van der Waals surface area (Å²) in [5.74, 6) is 2.22. The summed E-state index contributed by atoms with van der Waals surface area (Å²) in [5.41, 5.74) is 1.54. The van der Waals surface area contributed by atoms with E-state index in [0.29, 0.717) is 28.2 Å². The second-order valence-corrected chi connectivity index (χ2v) is 8.32. The average Bonchev–Trinajstić information content (AvgIpc) is 2.83. The molecule has 4 aromatic rings. The van der Waals surface area contributed by atoms with Gasteiger partial charge in [-0.25, -0.2) is 4.98 Å². The lowest BCUT2D eigenvalue weighted by Gasteiger charge is -2.26. The van der Waals surface area contributed by atoms with Gasteiger partial charge in [-0.1, -0.05) is 29.8 Å². The number of para-hydroxylation sites is 1. The zero-order valence-corrected chi connectivity index (χ0v) is 19.4. The van der Waals surface area contributed by atoms with Crippen molar-refractivity contribution < 1.29 is 14.3 Å². The van der Waals surface area contributed by atoms with Crippen LogP contribution in [0.3, 0.4) is 0 Å². The van der Waals surface area contributed by atoms with Gasteiger partial charge in [-0.05, 0) is 69.3 Å². The van der Waals surface area contributed by atoms with Crippen molar-refractivity contribution in [3.8, 4) is 17.2 Å². The fourth-order valence-corrected chi connectivity index (χ4v) is 3.50. The monoisotopic (exact) mass is 457 g/mol. The second kappa shape index (κ2) is 10.2. The van der Waals surface area contributed by atoms with Crippen LogP contribution < -0.4 is 15.0 Å². The van der Waals surface area contributed by atoms with Crippen molar-refractivity contribution >= 4 is 16.8 Å². The van der Waals surface area contributed by atoms with E-state index in [1.165, 1.54) is 5.56 Å². The molecule has 0 atom stereocenters. The van der Waals surface area contributed by atoms with Gasteiger partial charge in [-0.2, -0.15) is 0 Å². The van der Waals surface area contributed by atoms with Crippen LogP contribution in [0.15, 0.2) is 77.6 Å². The van der Waals surface area contributed by atoms with Crippen molar-refractivity contribution in [1.82, 2.24) is 14.9 Å². The molecule has 0 spiro atoms. The van der Waals surface area contributed by atoms with E-state index < -0.39 is 0 Å². The molecule has 7 heteroatoms. The fraction of sp³-hybridized carbons (Fsp3) is 0.222. The number of ether oxygens (including phenoxy) is 2. The fourth-order valence-electron chi connectivity index (χ4n) is 3.50. The molecule has 1 heterocycles. The van der Waals surface area contributed by atoms with Crippen LogP contribution in [0.4, 0.5) is 0 Å². The Balaban J connectivity index is 1.38. The molecule has 174 valence electrons. The van der Waals surface area contributed by atoms with Gasteiger partial charge in [0.05, 0.1) is 17.4 Å². The number of aryl methyl sites for hydroxylation is 1. The quantitative estimate of drug-likeness (QED) is 0.409. The number of nitrogens with zero attached hydrogens (tertiary/aromatic N) is 2. The van der Waals surface area contributed by atoms with Crippen LogP contribution in [0.2, 0.25) is 0 Å². The van der Waals surface area contributed by atoms with Crippen molar-refractivity contribution in [1.29, 1.82) is 0 Å². The Morgan fingerprint density at radius 1 is 0.941 bits per heavy atom. The number of aromatic amines is 1. The number of nitrogens with one attached hydrogen (secondary N) is 1. The molecule has 0 radical (unpaired) electrons. The summed E-state index contributed by atoms with van der Waals surface area (Å²) in [6, 6.07) is 21.9. The number of benzene rings is 3. The van der Waals surface area contributed by atoms with Gasteiger partial charge in [-0.3, -0.25) is 9.59 Å². The molecule has 0 aliphatic carbocycles. The Hall–Kier alpha value is -4.13. The summed E-state index contributed by atoms with van der Waals surface area (Å²) >= 11 is 0. The molecule has 1 N–H and O–H groups in total. The van der Waals surface area contributed by atoms with Gasteiger partial charge in [-0.15, -0.1) is 0 Å². The van der Waals surface area contributed by atoms with Gasteiger partial charge < -0.3 is 19.4 Å². The standard InChI is InChI=1S/C27H27N3O4/c1-18(2)30(16-25-28-24-7-5-4-6-23(24)27(32)29-25)26(31)17-33-20-12-14-22(15-13-20)34-21-10-8-19(3)9-11-21/h4-15,18H,16-17H2,1-3H3,(H,28,29,32). The lowest BCUT2D eigenvalue weighted by atomic mass is 10.2. The summed E-state index contributed by atoms with van der Waals surface area (Å²) < 4.78 is 11.5. The summed E-state index contributed by atoms with van der Waals surface area (Å²) in [7, 11) is 0. The van der Waals surface area contributed by atoms with E-state index in [9.17, 15) is 9.59 Å². The highest BCUT2D eigenvalue weighted by Crippen LogP contribution is 2.24. The lowest BCUT2D eigenvalue weighted by Crippen LogP contribution is -2.40. The third-order valence-electron chi connectivity index (χ3n) is 5.37. The minimum atomic E-state index is -0.221. The largest absolute Gasteiger partial charge is 0.484 e. The number of hydrogen-bond donors (Lipinski definition) is 1. The average molecular weight is 458 g/mol. The van der Waals surface area contributed by atoms with Crippen molar-refractivity contribution in [2.24, 2.45) is 0 Å². The number of carbonyl (C=O) groups excluding carboxylic acids is 1. The third kappa shape index (κ3) is 5.61. The molecule has 1 aromatic heterocycles. The summed E-state index contributed by atoms with van der Waals surface area (Å²) in [4.78, 5) is 34.2. The van der Waals surface area contributed by atoms with Gasteiger partial charge in [0.15, 0.2) is 6.61 Å². The third-order valence-corrected chi connectivity index (χ3v) is 5.37. The topological polar surface area (TPSA) is 84.5 Å². The predicted molar refractivity (Wildman–Crippen MR) is 131 cm³/mol. The van der Waals surface area contributed by atoms with E-state index in [1.807, 2.05) is 51.1 Å². The molecule has 0 unspecified atom stereocenters. The van der Waals surface area contributed by atoms with Crippen molar-refractivity contribution in [3.05, 3.63) is 94.5 Å². The molecule has 3 aromatic carbocycles. The molecule has 1 amide bonds. The Morgan fingerprint density at radius 3 is 2.24 bits per heavy atom. The molecule has 0 fully saturated rings. The molecular weight excluding hydrogens is 430 g/mol. The number of hydrogen-bond acceptors (Lipinski definition) is 5. The summed E-state index contributed by atoms with van der Waals surface area (Å²) in [6.07, 6.45) is 0. The number of H-pyrrole nitrogens is 1. The van der Waals surface area contributed by atoms with Crippen LogP contribution in [0.1, 0.15) is 25.2 Å². The van der Waals surface area contributed by atoms with Crippen molar-refractivity contribution in [2.45, 2.75) is 33.4 Å². The molecule has 0 aliphatic heterocycles. The van der Waals surface area contributed by atoms with E-state index >= 15 is 0 Å². The van der Waals surface area contributed by atoms with Gasteiger partial charge >= 0.3 is 0 Å². The molecule has 7 nitrogen and oxygen atoms in total. The Bertz CT molecular complexity index is 1330. The maximum atomic E-state index is 12.9. The maximum Gasteiger partial charge on any atom is 0.261 e. The first kappa shape index (κ1) is 23.0. The summed E-state index contributed by atoms with van der Waals surface area (Å²) in [5, 5.41) is 0.520. The molecule has 0 bridgehead atoms. The lowest BCUT2D eigenvalue weighted by molar-refractivity contribution is -0.135. The SMILES string of the molecule is Cc1ccc(Oc2ccc(OCC(=O)N(Cc3nc4ccccc4c(=O)[nH]3)C(C)C)cc2)cc1. The maximum absolute atomic E-state index is 12.9. The highest BCUT2D eigenvalue weighted by Gasteiger charge is 2.19. The number of amides is 1. The predicted octanol–water partition coefficient (Wildman–Crippen LogP) is 4.84. The molecular formula is C27H27N3O4. The van der Waals surface area contributed by atoms with Gasteiger partial charge in [0, 0.05) is 6.04 Å². The Labute approximate surface area is 198 Å². The first-order chi connectivity index (χ1) is 16.4. The molecule has 4 rings (SSSR count). The smallest absolute Gasteiger partial charge is 0.261 e. The number of aromatic nitrogens is 2. The van der Waals surface area contributed by atoms with Gasteiger partial charge in [0.2, 0.25) is 0 Å². The van der Waals surface area contributed by atoms with Crippen LogP contribution in [-0.4, -0.2) is 33.4 Å². The number of fused-ring (bicyclic) bond motifs is 1. The first-order valence-corrected chi connectivity index (χ1v) is 11.1. The van der Waals surface area contributed by atoms with Crippen LogP contribution in [0, 0.1) is 6.92 Å². The second-order valence-electron chi connectivity index (χ2n) is 8.32. The first-order valence-electron chi connectivity index (χ1n) is 11.1. The molecule has 0 saturated heterocycles. The van der Waals surface area contributed by atoms with Gasteiger partial charge in [0.25, 0.3) is 11.5 Å². The molecule has 34 heavy (non-hydrogen) atoms. The Morgan fingerprint density at radius 2 is 1.56 bits per heavy atom. The zero-order chi connectivity index (χ0) is 24.1. The van der Waals surface area contributed by atoms with Crippen LogP contribution in [0.25, 0.3) is 10.9 Å². The number of carbonyl (C=O) groups is 1. The molecule has 0 aliphatic rings. The van der Waals surface area contributed by atoms with Crippen LogP contribution in [-0.2, 0) is 11.3 Å². The van der Waals surface area contributed by atoms with Gasteiger partial charge in [0.1, 0.15) is 23.1 Å². The Kier molecular flexibility index (Phi) is 6.92. The van der Waals surface area contributed by atoms with E-state index in [-0.39, 0.29) is 30.7 Å². The van der Waals surface area contributed by atoms with Crippen LogP contribution >= 0.6 is 0 Å². The minimum absolute atomic E-state index is 0.0989. The zero-order valence-electron chi connectivity index (χ0n) is 19.4. The van der Waals surface area contributed by atoms with E-state index in [1.54, 1.807) is 47.4 Å². The minimum Gasteiger partial charge on any atom is -0.484 e. The number of rotatable bonds is 8. The summed E-state index contributed by atoms with van der Waals surface area (Å²) in [6.45, 7) is 5.90. The molecule has 0 saturated carbocycles. The van der Waals surface area contributed by atoms with Crippen molar-refractivity contribution in [3.63, 3.8) is 0 Å². The van der Waals surface area contributed by atoms with Crippen molar-refractivity contribution in [2.75, 3.05) is 6.61 Å².